The number of aromatic nitrogens is 8. The fourth-order valence-corrected chi connectivity index (χ4v) is 8.52. The van der Waals surface area contributed by atoms with Gasteiger partial charge >= 0.3 is 5.97 Å². The zero-order valence-corrected chi connectivity index (χ0v) is 47.2. The molecule has 3 aromatic heterocycles. The van der Waals surface area contributed by atoms with Crippen molar-refractivity contribution in [2.45, 2.75) is 37.6 Å². The van der Waals surface area contributed by atoms with Gasteiger partial charge in [0.1, 0.15) is 11.6 Å². The van der Waals surface area contributed by atoms with Crippen molar-refractivity contribution >= 4 is 77.1 Å². The normalized spacial score (nSPS) is 11.3. The molecule has 0 fully saturated rings. The van der Waals surface area contributed by atoms with Gasteiger partial charge in [-0.05, 0) is 103 Å². The van der Waals surface area contributed by atoms with Crippen molar-refractivity contribution in [1.82, 2.24) is 55.3 Å². The fourth-order valence-electron chi connectivity index (χ4n) is 5.45. The number of rotatable bonds is 40. The molecule has 0 atom stereocenters. The van der Waals surface area contributed by atoms with Crippen molar-refractivity contribution in [2.75, 3.05) is 179 Å². The Labute approximate surface area is 446 Å². The van der Waals surface area contributed by atoms with Crippen LogP contribution in [0.25, 0.3) is 10.6 Å². The molecular formula is C44H77N11O10S6. The highest BCUT2D eigenvalue weighted by molar-refractivity contribution is 8.01. The number of thioether (sulfide) groups is 1. The largest absolute Gasteiger partial charge is 0.460 e. The monoisotopic (exact) mass is 1110 g/mol. The van der Waals surface area contributed by atoms with Gasteiger partial charge in [-0.1, -0.05) is 70.7 Å². The van der Waals surface area contributed by atoms with E-state index in [-0.39, 0.29) is 6.61 Å². The van der Waals surface area contributed by atoms with Gasteiger partial charge in [-0.15, -0.1) is 0 Å². The number of hydrogen-bond donors (Lipinski definition) is 3. The highest BCUT2D eigenvalue weighted by atomic mass is 32.2. The highest BCUT2D eigenvalue weighted by Gasteiger charge is 2.10. The van der Waals surface area contributed by atoms with E-state index in [4.69, 9.17) is 79.3 Å². The summed E-state index contributed by atoms with van der Waals surface area (Å²) in [5, 5.41) is 24.4. The number of nitrogens with zero attached hydrogens (tertiary/aromatic N) is 8. The van der Waals surface area contributed by atoms with Crippen molar-refractivity contribution in [1.29, 1.82) is 0 Å². The smallest absolute Gasteiger partial charge is 0.338 e. The second kappa shape index (κ2) is 43.8. The van der Waals surface area contributed by atoms with E-state index in [1.54, 1.807) is 34.6 Å². The fraction of sp³-hybridized carbons (Fsp3) is 0.727. The summed E-state index contributed by atoms with van der Waals surface area (Å²) >= 11 is 19.4. The van der Waals surface area contributed by atoms with Crippen molar-refractivity contribution in [3.63, 3.8) is 0 Å². The highest BCUT2D eigenvalue weighted by Crippen LogP contribution is 2.23. The second-order valence-electron chi connectivity index (χ2n) is 15.4. The van der Waals surface area contributed by atoms with Gasteiger partial charge in [-0.2, -0.15) is 15.4 Å². The molecule has 404 valence electrons. The molecule has 4 aromatic rings. The SMILES string of the molecule is CCCN(CCC)CCOCCOCCOCCn1[nH]nnc1=S.CN(C)CCOCCOCCOC(=O)c1cccc(-c2n[nH]c(=S)s2)c1.CN(C)CCOCCOCCOCCSc1n[nH]c(=S)s1. The minimum absolute atomic E-state index is 0.197. The average Bonchev–Trinajstić information content (AvgIpc) is 4.11. The third-order valence-electron chi connectivity index (χ3n) is 8.96. The Morgan fingerprint density at radius 2 is 1.14 bits per heavy atom. The van der Waals surface area contributed by atoms with Gasteiger partial charge in [0.2, 0.25) is 4.77 Å². The summed E-state index contributed by atoms with van der Waals surface area (Å²) < 4.78 is 53.2. The molecule has 0 saturated heterocycles. The molecule has 3 N–H and O–H groups in total. The first-order chi connectivity index (χ1) is 34.5. The van der Waals surface area contributed by atoms with Crippen LogP contribution < -0.4 is 0 Å². The molecule has 0 aliphatic rings. The lowest BCUT2D eigenvalue weighted by molar-refractivity contribution is 0.00893. The molecule has 21 nitrogen and oxygen atoms in total. The van der Waals surface area contributed by atoms with Gasteiger partial charge < -0.3 is 57.3 Å². The van der Waals surface area contributed by atoms with E-state index >= 15 is 0 Å². The van der Waals surface area contributed by atoms with Crippen LogP contribution in [0.2, 0.25) is 0 Å². The van der Waals surface area contributed by atoms with Crippen LogP contribution in [0.15, 0.2) is 28.6 Å². The number of ether oxygens (including phenoxy) is 9. The van der Waals surface area contributed by atoms with Crippen LogP contribution in [-0.4, -0.2) is 240 Å². The molecule has 0 saturated carbocycles. The van der Waals surface area contributed by atoms with Crippen LogP contribution in [0.1, 0.15) is 37.0 Å². The summed E-state index contributed by atoms with van der Waals surface area (Å²) in [6, 6.07) is 7.11. The molecule has 0 aliphatic heterocycles. The number of carbonyl (C=O) groups excluding carboxylic acids is 1. The quantitative estimate of drug-likeness (QED) is 0.0201. The van der Waals surface area contributed by atoms with Crippen LogP contribution in [-0.2, 0) is 49.2 Å². The number of aromatic amines is 3. The molecule has 3 heterocycles. The number of H-pyrrole nitrogens is 3. The van der Waals surface area contributed by atoms with Crippen LogP contribution in [0, 0.1) is 12.7 Å². The molecule has 0 spiro atoms. The molecule has 4 rings (SSSR count). The summed E-state index contributed by atoms with van der Waals surface area (Å²) in [6.45, 7) is 19.9. The van der Waals surface area contributed by atoms with E-state index in [1.165, 1.54) is 35.5 Å². The third-order valence-corrected chi connectivity index (χ3v) is 12.6. The Morgan fingerprint density at radius 3 is 1.63 bits per heavy atom. The molecular weight excluding hydrogens is 1030 g/mol. The predicted molar refractivity (Wildman–Crippen MR) is 287 cm³/mol. The predicted octanol–water partition coefficient (Wildman–Crippen LogP) is 6.03. The second-order valence-corrected chi connectivity index (χ2v) is 20.5. The summed E-state index contributed by atoms with van der Waals surface area (Å²) in [6.07, 6.45) is 2.37. The number of hydrogen-bond acceptors (Lipinski definition) is 23. The molecule has 0 radical (unpaired) electrons. The van der Waals surface area contributed by atoms with E-state index in [9.17, 15) is 4.79 Å². The van der Waals surface area contributed by atoms with Crippen LogP contribution in [0.4, 0.5) is 0 Å². The third kappa shape index (κ3) is 35.3. The van der Waals surface area contributed by atoms with Crippen molar-refractivity contribution in [2.24, 2.45) is 0 Å². The van der Waals surface area contributed by atoms with E-state index in [0.717, 1.165) is 66.6 Å². The van der Waals surface area contributed by atoms with Crippen molar-refractivity contribution < 1.29 is 47.4 Å². The Bertz CT molecular complexity index is 2050. The van der Waals surface area contributed by atoms with E-state index < -0.39 is 5.97 Å². The molecule has 27 heteroatoms. The summed E-state index contributed by atoms with van der Waals surface area (Å²) in [5.74, 6) is 0.473. The summed E-state index contributed by atoms with van der Waals surface area (Å²) in [7, 11) is 8.04. The zero-order chi connectivity index (χ0) is 51.6. The van der Waals surface area contributed by atoms with Crippen LogP contribution in [0.3, 0.4) is 0 Å². The number of carbonyl (C=O) groups is 1. The number of nitrogens with one attached hydrogen (secondary N) is 3. The van der Waals surface area contributed by atoms with Gasteiger partial charge in [0, 0.05) is 31.0 Å². The van der Waals surface area contributed by atoms with Gasteiger partial charge in [0.05, 0.1) is 118 Å². The molecule has 71 heavy (non-hydrogen) atoms. The minimum atomic E-state index is -0.392. The minimum Gasteiger partial charge on any atom is -0.460 e. The number of tetrazole rings is 1. The Kier molecular flexibility index (Phi) is 39.8. The average molecular weight is 1110 g/mol. The Morgan fingerprint density at radius 1 is 0.634 bits per heavy atom. The first-order valence-corrected chi connectivity index (χ1v) is 27.5. The summed E-state index contributed by atoms with van der Waals surface area (Å²) in [5.41, 5.74) is 1.29. The summed E-state index contributed by atoms with van der Waals surface area (Å²) in [4.78, 5) is 18.7. The topological polar surface area (TPSA) is 214 Å². The molecule has 0 unspecified atom stereocenters. The maximum absolute atomic E-state index is 12.1. The van der Waals surface area contributed by atoms with Crippen LogP contribution >= 0.6 is 71.1 Å². The van der Waals surface area contributed by atoms with Gasteiger partial charge in [0.25, 0.3) is 0 Å². The Balaban J connectivity index is 0.000000367. The Hall–Kier alpha value is -2.55. The van der Waals surface area contributed by atoms with Crippen LogP contribution in [0.5, 0.6) is 0 Å². The van der Waals surface area contributed by atoms with Gasteiger partial charge in [0.15, 0.2) is 12.2 Å². The number of benzene rings is 1. The molecule has 0 aliphatic carbocycles. The number of likely N-dealkylation sites (N-methyl/N-ethyl adjacent to an activating group) is 2. The lowest BCUT2D eigenvalue weighted by Crippen LogP contribution is -2.29. The lowest BCUT2D eigenvalue weighted by atomic mass is 10.1. The lowest BCUT2D eigenvalue weighted by Gasteiger charge is -2.20. The maximum Gasteiger partial charge on any atom is 0.338 e. The van der Waals surface area contributed by atoms with Crippen molar-refractivity contribution in [3.8, 4) is 10.6 Å². The van der Waals surface area contributed by atoms with E-state index in [0.29, 0.717) is 117 Å². The van der Waals surface area contributed by atoms with E-state index in [1.807, 2.05) is 34.3 Å². The van der Waals surface area contributed by atoms with Crippen molar-refractivity contribution in [3.05, 3.63) is 42.5 Å². The molecule has 0 amide bonds. The molecule has 1 aromatic carbocycles. The van der Waals surface area contributed by atoms with Gasteiger partial charge in [-0.3, -0.25) is 10.2 Å². The number of esters is 1. The first kappa shape index (κ1) is 64.6. The molecule has 0 bridgehead atoms. The van der Waals surface area contributed by atoms with Gasteiger partial charge in [-0.25, -0.2) is 9.48 Å². The standard InChI is InChI=1S/C17H23N3O4S2.C15H31N5O3S.C12H23N3O3S3/c1-20(2)6-7-22-8-9-23-10-11-24-16(21)14-5-3-4-13(12-14)15-18-19-17(25)26-15;1-3-5-19(6-4-2)7-9-21-11-13-23-14-12-22-10-8-20-15(24)16-17-18-20;1-15(2)3-4-16-5-6-17-7-8-18-9-10-20-12-14-13-11(19)21-12/h3-5,12H,6-11H2,1-2H3,(H,19,25);3-14H2,1-2H3,(H,16,18,24);3-10H2,1-2H3,(H,13,19). The first-order valence-electron chi connectivity index (χ1n) is 23.6. The maximum atomic E-state index is 12.1. The zero-order valence-electron chi connectivity index (χ0n) is 42.3. The van der Waals surface area contributed by atoms with E-state index in [2.05, 4.69) is 64.5 Å².